The number of aromatic amines is 1. The summed E-state index contributed by atoms with van der Waals surface area (Å²) in [4.78, 5) is 17.1. The molecule has 1 aromatic carbocycles. The third-order valence-electron chi connectivity index (χ3n) is 2.94. The lowest BCUT2D eigenvalue weighted by Crippen LogP contribution is -2.28. The highest BCUT2D eigenvalue weighted by Crippen LogP contribution is 2.13. The largest absolute Gasteiger partial charge is 0.357 e. The maximum Gasteiger partial charge on any atom is 0.225 e. The molecule has 0 aliphatic rings. The molecule has 4 nitrogen and oxygen atoms in total. The highest BCUT2D eigenvalue weighted by molar-refractivity contribution is 5.83. The van der Waals surface area contributed by atoms with Gasteiger partial charge in [-0.25, -0.2) is 0 Å². The van der Waals surface area contributed by atoms with Gasteiger partial charge in [0.1, 0.15) is 0 Å². The molecule has 2 aromatic rings. The first-order valence-electron chi connectivity index (χ1n) is 6.55. The maximum atomic E-state index is 11.8. The van der Waals surface area contributed by atoms with E-state index in [-0.39, 0.29) is 5.91 Å². The van der Waals surface area contributed by atoms with Gasteiger partial charge >= 0.3 is 0 Å². The summed E-state index contributed by atoms with van der Waals surface area (Å²) in [6.07, 6.45) is 1.33. The van der Waals surface area contributed by atoms with E-state index in [2.05, 4.69) is 21.3 Å². The summed E-state index contributed by atoms with van der Waals surface area (Å²) in [6, 6.07) is 11.1. The fraction of sp³-hybridized carbons (Fsp3) is 0.400. The quantitative estimate of drug-likeness (QED) is 0.773. The number of hydrogen-bond acceptors (Lipinski definition) is 2. The number of nitrogens with zero attached hydrogens (tertiary/aromatic N) is 1. The van der Waals surface area contributed by atoms with Gasteiger partial charge in [0.2, 0.25) is 5.91 Å². The Kier molecular flexibility index (Phi) is 4.58. The minimum atomic E-state index is 0.0431. The highest BCUT2D eigenvalue weighted by Gasteiger charge is 2.06. The van der Waals surface area contributed by atoms with Gasteiger partial charge in [0, 0.05) is 29.2 Å². The molecule has 1 radical (unpaired) electrons. The van der Waals surface area contributed by atoms with Crippen molar-refractivity contribution in [3.8, 4) is 0 Å². The topological polar surface area (TPSA) is 48.1 Å². The summed E-state index contributed by atoms with van der Waals surface area (Å²) in [7, 11) is 4.06. The van der Waals surface area contributed by atoms with Crippen LogP contribution >= 0.6 is 0 Å². The van der Waals surface area contributed by atoms with E-state index in [9.17, 15) is 4.79 Å². The van der Waals surface area contributed by atoms with Crippen LogP contribution in [0.4, 0.5) is 0 Å². The van der Waals surface area contributed by atoms with E-state index in [1.165, 1.54) is 0 Å². The molecule has 101 valence electrons. The number of amides is 1. The van der Waals surface area contributed by atoms with E-state index in [0.29, 0.717) is 6.42 Å². The first-order valence-corrected chi connectivity index (χ1v) is 6.55. The van der Waals surface area contributed by atoms with E-state index in [0.717, 1.165) is 36.1 Å². The molecule has 0 aliphatic heterocycles. The Morgan fingerprint density at radius 1 is 1.37 bits per heavy atom. The number of nitrogens with one attached hydrogen (secondary N) is 2. The Morgan fingerprint density at radius 3 is 2.89 bits per heavy atom. The summed E-state index contributed by atoms with van der Waals surface area (Å²) in [5.41, 5.74) is 1.87. The lowest BCUT2D eigenvalue weighted by molar-refractivity contribution is -0.120. The van der Waals surface area contributed by atoms with Crippen LogP contribution in [0.2, 0.25) is 0 Å². The highest BCUT2D eigenvalue weighted by atomic mass is 16.1. The fourth-order valence-corrected chi connectivity index (χ4v) is 1.99. The molecule has 19 heavy (non-hydrogen) atoms. The second-order valence-corrected chi connectivity index (χ2v) is 4.96. The summed E-state index contributed by atoms with van der Waals surface area (Å²) in [5.74, 6) is 0.0431. The number of fused-ring (bicyclic) bond motifs is 1. The molecule has 0 fully saturated rings. The lowest BCUT2D eigenvalue weighted by atomic mass is 10.2. The van der Waals surface area contributed by atoms with E-state index in [1.807, 2.05) is 38.4 Å². The van der Waals surface area contributed by atoms with Gasteiger partial charge in [-0.05, 0) is 33.1 Å². The number of H-pyrrole nitrogens is 1. The number of para-hydroxylation sites is 1. The van der Waals surface area contributed by atoms with Crippen LogP contribution in [0.15, 0.2) is 24.3 Å². The van der Waals surface area contributed by atoms with Crippen molar-refractivity contribution in [2.45, 2.75) is 12.8 Å². The zero-order chi connectivity index (χ0) is 13.7. The molecule has 1 amide bonds. The molecular weight excluding hydrogens is 238 g/mol. The molecule has 0 aliphatic carbocycles. The van der Waals surface area contributed by atoms with Crippen LogP contribution in [-0.4, -0.2) is 43.0 Å². The number of carbonyl (C=O) groups is 1. The van der Waals surface area contributed by atoms with Crippen molar-refractivity contribution in [2.75, 3.05) is 27.2 Å². The van der Waals surface area contributed by atoms with Crippen molar-refractivity contribution in [1.29, 1.82) is 0 Å². The van der Waals surface area contributed by atoms with Crippen LogP contribution in [0.3, 0.4) is 0 Å². The molecule has 0 saturated heterocycles. The SMILES string of the molecule is CN(C)CCCNC(=O)Cc1[c]c2ccccc2[nH]1. The van der Waals surface area contributed by atoms with E-state index in [1.54, 1.807) is 0 Å². The number of carbonyl (C=O) groups excluding carboxylic acids is 1. The minimum Gasteiger partial charge on any atom is -0.357 e. The molecule has 0 bridgehead atoms. The number of rotatable bonds is 6. The molecule has 0 saturated carbocycles. The van der Waals surface area contributed by atoms with Crippen LogP contribution < -0.4 is 5.32 Å². The van der Waals surface area contributed by atoms with Crippen molar-refractivity contribution in [2.24, 2.45) is 0 Å². The smallest absolute Gasteiger partial charge is 0.225 e. The zero-order valence-electron chi connectivity index (χ0n) is 11.5. The van der Waals surface area contributed by atoms with Gasteiger partial charge in [-0.15, -0.1) is 0 Å². The van der Waals surface area contributed by atoms with Gasteiger partial charge in [-0.1, -0.05) is 18.2 Å². The second kappa shape index (κ2) is 6.38. The zero-order valence-corrected chi connectivity index (χ0v) is 11.5. The van der Waals surface area contributed by atoms with Gasteiger partial charge in [-0.2, -0.15) is 0 Å². The third-order valence-corrected chi connectivity index (χ3v) is 2.94. The van der Waals surface area contributed by atoms with Gasteiger partial charge in [0.05, 0.1) is 6.42 Å². The Labute approximate surface area is 113 Å². The number of aromatic nitrogens is 1. The van der Waals surface area contributed by atoms with Crippen LogP contribution in [0.1, 0.15) is 12.1 Å². The average molecular weight is 258 g/mol. The van der Waals surface area contributed by atoms with Crippen LogP contribution in [0.25, 0.3) is 10.9 Å². The summed E-state index contributed by atoms with van der Waals surface area (Å²) in [6.45, 7) is 1.70. The monoisotopic (exact) mass is 258 g/mol. The van der Waals surface area contributed by atoms with Crippen LogP contribution in [0.5, 0.6) is 0 Å². The van der Waals surface area contributed by atoms with E-state index < -0.39 is 0 Å². The van der Waals surface area contributed by atoms with Crippen LogP contribution in [0, 0.1) is 6.07 Å². The molecule has 1 aromatic heterocycles. The van der Waals surface area contributed by atoms with Crippen molar-refractivity contribution in [1.82, 2.24) is 15.2 Å². The van der Waals surface area contributed by atoms with Gasteiger partial charge < -0.3 is 15.2 Å². The maximum absolute atomic E-state index is 11.8. The molecule has 0 unspecified atom stereocenters. The van der Waals surface area contributed by atoms with Crippen LogP contribution in [-0.2, 0) is 11.2 Å². The Hall–Kier alpha value is -1.81. The molecule has 2 N–H and O–H groups in total. The third kappa shape index (κ3) is 4.10. The minimum absolute atomic E-state index is 0.0431. The fourth-order valence-electron chi connectivity index (χ4n) is 1.99. The number of hydrogen-bond donors (Lipinski definition) is 2. The summed E-state index contributed by atoms with van der Waals surface area (Å²) in [5, 5.41) is 3.95. The normalized spacial score (nSPS) is 11.1. The van der Waals surface area contributed by atoms with Crippen molar-refractivity contribution < 1.29 is 4.79 Å². The molecule has 4 heteroatoms. The Bertz CT molecular complexity index is 512. The molecule has 0 spiro atoms. The van der Waals surface area contributed by atoms with Gasteiger partial charge in [0.15, 0.2) is 0 Å². The van der Waals surface area contributed by atoms with Gasteiger partial charge in [0.25, 0.3) is 0 Å². The van der Waals surface area contributed by atoms with Crippen molar-refractivity contribution in [3.05, 3.63) is 36.0 Å². The van der Waals surface area contributed by atoms with Gasteiger partial charge in [-0.3, -0.25) is 4.79 Å². The Balaban J connectivity index is 1.81. The Morgan fingerprint density at radius 2 is 2.16 bits per heavy atom. The molecule has 0 atom stereocenters. The molecule has 1 heterocycles. The second-order valence-electron chi connectivity index (χ2n) is 4.96. The predicted molar refractivity (Wildman–Crippen MR) is 77.0 cm³/mol. The first kappa shape index (κ1) is 13.6. The first-order chi connectivity index (χ1) is 9.15. The van der Waals surface area contributed by atoms with Crippen molar-refractivity contribution in [3.63, 3.8) is 0 Å². The van der Waals surface area contributed by atoms with Crippen molar-refractivity contribution >= 4 is 16.8 Å². The average Bonchev–Trinajstić information content (AvgIpc) is 2.76. The number of benzene rings is 1. The lowest BCUT2D eigenvalue weighted by Gasteiger charge is -2.09. The van der Waals surface area contributed by atoms with E-state index >= 15 is 0 Å². The standard InChI is InChI=1S/C15H20N3O/c1-18(2)9-5-8-16-15(19)11-13-10-12-6-3-4-7-14(12)17-13/h3-4,6-7,17H,5,8-9,11H2,1-2H3,(H,16,19). The van der Waals surface area contributed by atoms with E-state index in [4.69, 9.17) is 0 Å². The molecule has 2 rings (SSSR count). The summed E-state index contributed by atoms with van der Waals surface area (Å²) < 4.78 is 0. The summed E-state index contributed by atoms with van der Waals surface area (Å²) >= 11 is 0. The molecular formula is C15H20N3O. The predicted octanol–water partition coefficient (Wildman–Crippen LogP) is 1.58.